The number of rotatable bonds is 17. The number of carboxylic acids is 3. The molecule has 2 aliphatic heterocycles. The van der Waals surface area contributed by atoms with Crippen LogP contribution in [0.5, 0.6) is 17.4 Å². The Morgan fingerprint density at radius 3 is 1.34 bits per heavy atom. The Balaban J connectivity index is 0.000000147. The van der Waals surface area contributed by atoms with Gasteiger partial charge in [-0.3, -0.25) is 24.2 Å². The lowest BCUT2D eigenvalue weighted by Crippen LogP contribution is -2.49. The average Bonchev–Trinajstić information content (AvgIpc) is 1.62. The Hall–Kier alpha value is -13.6. The zero-order valence-corrected chi connectivity index (χ0v) is 68.2. The van der Waals surface area contributed by atoms with E-state index in [0.29, 0.717) is 76.6 Å². The molecular weight excluding hydrogens is 1520 g/mol. The number of aromatic nitrogens is 15. The van der Waals surface area contributed by atoms with Crippen molar-refractivity contribution in [3.05, 3.63) is 206 Å². The summed E-state index contributed by atoms with van der Waals surface area (Å²) in [5, 5.41) is 47.8. The Kier molecular flexibility index (Phi) is 28.2. The molecule has 4 fully saturated rings. The van der Waals surface area contributed by atoms with Crippen LogP contribution in [0, 0.1) is 0 Å². The zero-order valence-electron chi connectivity index (χ0n) is 68.2. The second-order valence-corrected chi connectivity index (χ2v) is 29.9. The van der Waals surface area contributed by atoms with Crippen molar-refractivity contribution in [1.82, 2.24) is 93.8 Å². The summed E-state index contributed by atoms with van der Waals surface area (Å²) in [6, 6.07) is 56.1. The number of hydrogen-bond acceptors (Lipinski definition) is 25. The number of nitrogens with zero attached hydrogens (tertiary/aromatic N) is 18. The third-order valence-electron chi connectivity index (χ3n) is 21.5. The summed E-state index contributed by atoms with van der Waals surface area (Å²) in [5.74, 6) is 1.63. The van der Waals surface area contributed by atoms with Crippen LogP contribution in [-0.4, -0.2) is 213 Å². The molecule has 622 valence electrons. The molecule has 0 bridgehead atoms. The van der Waals surface area contributed by atoms with Gasteiger partial charge in [0.05, 0.1) is 41.9 Å². The first kappa shape index (κ1) is 84.4. The number of ether oxygens (including phenoxy) is 2. The molecule has 4 aliphatic rings. The number of fused-ring (bicyclic) bond motifs is 4. The van der Waals surface area contributed by atoms with Crippen LogP contribution in [0.3, 0.4) is 0 Å². The van der Waals surface area contributed by atoms with Crippen LogP contribution in [0.15, 0.2) is 195 Å². The second-order valence-electron chi connectivity index (χ2n) is 29.9. The van der Waals surface area contributed by atoms with E-state index < -0.39 is 17.9 Å². The molecule has 32 heteroatoms. The number of nitrogens with two attached hydrogens (primary N) is 3. The van der Waals surface area contributed by atoms with E-state index in [9.17, 15) is 0 Å². The van der Waals surface area contributed by atoms with Gasteiger partial charge in [-0.05, 0) is 162 Å². The van der Waals surface area contributed by atoms with Gasteiger partial charge in [0.2, 0.25) is 5.88 Å². The first-order valence-corrected chi connectivity index (χ1v) is 40.1. The Morgan fingerprint density at radius 2 is 0.867 bits per heavy atom. The molecule has 0 radical (unpaired) electrons. The quantitative estimate of drug-likeness (QED) is 0.0409. The standard InChI is InChI=1S/C31H37N9.C29H37N9O.C22H16N6O.3C2H4O2/c1-38-14-16-39(17-15-38)25-10-12-26(13-11-25)40-31-28(30(32)34-20-35-31)29(37-40)21-6-8-23(9-7-21)33-19-24-18-22-4-2-3-5-27(22)36-24;1-36-14-16-37(17-15-36)23-9-11-24(12-10-23)38-28-25(27(30)33-19-34-28)26(35-38)20-5-7-22(8-6-20)32-18-21-4-3-13-31-29(21)39-2;23-21-19-20(15-9-11-17(12-10-15)29-16-6-2-1-3-7-16)27-28(22(19)26-14-25-21)18-8-4-5-13-24-18;3*1-2(3)4/h2-9,18,20,25-26,33,36H,10-17,19H2,1H3,(H2,32,34,35);3-8,13,19,23-24,32H,9-12,14-18H2,1-2H3,(H2,30,33,34);1-14H,(H2,23,25,26);3*1H3,(H,3,4)/t25-,26-;23-,24-;;;;. The van der Waals surface area contributed by atoms with Crippen LogP contribution in [0.2, 0.25) is 0 Å². The number of carboxylic acid groups (broad SMARTS) is 3. The fourth-order valence-electron chi connectivity index (χ4n) is 15.6. The number of nitrogen functional groups attached to an aromatic ring is 3. The van der Waals surface area contributed by atoms with Crippen LogP contribution in [0.25, 0.3) is 83.6 Å². The summed E-state index contributed by atoms with van der Waals surface area (Å²) in [4.78, 5) is 75.8. The summed E-state index contributed by atoms with van der Waals surface area (Å²) in [6.07, 6.45) is 17.2. The van der Waals surface area contributed by atoms with E-state index in [-0.39, 0.29) is 0 Å². The molecule has 0 amide bonds. The van der Waals surface area contributed by atoms with E-state index in [2.05, 4.69) is 177 Å². The van der Waals surface area contributed by atoms with Crippen molar-refractivity contribution in [2.45, 2.75) is 109 Å². The summed E-state index contributed by atoms with van der Waals surface area (Å²) in [7, 11) is 6.07. The minimum atomic E-state index is -0.833. The number of piperazine rings is 2. The highest BCUT2D eigenvalue weighted by Crippen LogP contribution is 2.41. The van der Waals surface area contributed by atoms with E-state index >= 15 is 0 Å². The van der Waals surface area contributed by atoms with E-state index in [1.165, 1.54) is 76.7 Å². The van der Waals surface area contributed by atoms with Gasteiger partial charge in [-0.15, -0.1) is 0 Å². The molecule has 11 heterocycles. The lowest BCUT2D eigenvalue weighted by atomic mass is 9.90. The van der Waals surface area contributed by atoms with E-state index in [1.807, 2.05) is 84.9 Å². The monoisotopic (exact) mass is 1620 g/mol. The third-order valence-corrected chi connectivity index (χ3v) is 21.5. The van der Waals surface area contributed by atoms with E-state index in [0.717, 1.165) is 156 Å². The molecular formula is C88H102N24O8. The van der Waals surface area contributed by atoms with Gasteiger partial charge < -0.3 is 67.4 Å². The summed E-state index contributed by atoms with van der Waals surface area (Å²) < 4.78 is 17.2. The SMILES string of the molecule is CC(=O)O.CC(=O)O.CC(=O)O.CN1CCN([C@H]2CC[C@H](n3nc(-c4ccc(NCc5cc6ccccc6[nH]5)cc4)c4c(N)ncnc43)CC2)CC1.COc1ncccc1CNc1ccc(-c2nn([C@H]3CC[C@H](N4CCN(C)CC4)CC3)c3ncnc(N)c23)cc1.Nc1ncnc2c1c(-c1ccc(Oc3ccccc3)cc1)nn2-c1ccccn1. The van der Waals surface area contributed by atoms with Crippen molar-refractivity contribution in [2.75, 3.05) is 101 Å². The van der Waals surface area contributed by atoms with Gasteiger partial charge in [0.25, 0.3) is 17.9 Å². The number of para-hydroxylation sites is 2. The first-order chi connectivity index (χ1) is 58.2. The lowest BCUT2D eigenvalue weighted by molar-refractivity contribution is -0.135. The highest BCUT2D eigenvalue weighted by Gasteiger charge is 2.33. The molecule has 12 N–H and O–H groups in total. The van der Waals surface area contributed by atoms with Crippen molar-refractivity contribution in [3.8, 4) is 57.0 Å². The average molecular weight is 1620 g/mol. The van der Waals surface area contributed by atoms with Crippen molar-refractivity contribution in [2.24, 2.45) is 0 Å². The minimum absolute atomic E-state index is 0.315. The highest BCUT2D eigenvalue weighted by atomic mass is 16.5. The number of aromatic amines is 1. The molecule has 0 spiro atoms. The number of carbonyl (C=O) groups is 3. The normalized spacial score (nSPS) is 16.9. The minimum Gasteiger partial charge on any atom is -0.481 e. The van der Waals surface area contributed by atoms with Crippen LogP contribution in [0.4, 0.5) is 28.8 Å². The van der Waals surface area contributed by atoms with Gasteiger partial charge >= 0.3 is 0 Å². The smallest absolute Gasteiger partial charge is 0.300 e. The predicted octanol–water partition coefficient (Wildman–Crippen LogP) is 13.2. The second kappa shape index (κ2) is 40.1. The predicted molar refractivity (Wildman–Crippen MR) is 466 cm³/mol. The molecule has 32 nitrogen and oxygen atoms in total. The third kappa shape index (κ3) is 21.4. The van der Waals surface area contributed by atoms with E-state index in [4.69, 9.17) is 71.7 Å². The zero-order chi connectivity index (χ0) is 84.2. The number of hydrogen-bond donors (Lipinski definition) is 9. The summed E-state index contributed by atoms with van der Waals surface area (Å²) >= 11 is 0. The number of nitrogens with one attached hydrogen (secondary N) is 3. The molecule has 18 rings (SSSR count). The van der Waals surface area contributed by atoms with Gasteiger partial charge in [0.15, 0.2) is 22.8 Å². The number of H-pyrrole nitrogens is 1. The molecule has 2 saturated carbocycles. The molecule has 120 heavy (non-hydrogen) atoms. The van der Waals surface area contributed by atoms with Crippen LogP contribution < -0.4 is 37.3 Å². The number of likely N-dealkylation sites (N-methyl/N-ethyl adjacent to an activating group) is 2. The molecule has 14 aromatic rings. The van der Waals surface area contributed by atoms with Gasteiger partial charge in [-0.25, -0.2) is 49.2 Å². The summed E-state index contributed by atoms with van der Waals surface area (Å²) in [6.45, 7) is 13.9. The Bertz CT molecular complexity index is 5630. The molecule has 2 aliphatic carbocycles. The molecule has 9 aromatic heterocycles. The Labute approximate surface area is 694 Å². The Morgan fingerprint density at radius 1 is 0.450 bits per heavy atom. The molecule has 5 aromatic carbocycles. The number of benzene rings is 5. The van der Waals surface area contributed by atoms with Gasteiger partial charge in [-0.2, -0.15) is 20.0 Å². The highest BCUT2D eigenvalue weighted by molar-refractivity contribution is 6.00. The van der Waals surface area contributed by atoms with Crippen molar-refractivity contribution >= 4 is 90.7 Å². The molecule has 0 unspecified atom stereocenters. The maximum atomic E-state index is 9.00. The fourth-order valence-corrected chi connectivity index (χ4v) is 15.6. The van der Waals surface area contributed by atoms with Gasteiger partial charge in [0, 0.05) is 149 Å². The first-order valence-electron chi connectivity index (χ1n) is 40.1. The van der Waals surface area contributed by atoms with Crippen LogP contribution in [-0.2, 0) is 27.5 Å². The summed E-state index contributed by atoms with van der Waals surface area (Å²) in [5.41, 5.74) is 31.9. The number of pyridine rings is 2. The number of anilines is 5. The van der Waals surface area contributed by atoms with E-state index in [1.54, 1.807) is 36.8 Å². The topological polar surface area (TPSA) is 418 Å². The maximum Gasteiger partial charge on any atom is 0.300 e. The molecule has 2 saturated heterocycles. The van der Waals surface area contributed by atoms with Gasteiger partial charge in [-0.1, -0.05) is 72.8 Å². The number of aliphatic carboxylic acids is 3. The van der Waals surface area contributed by atoms with Crippen molar-refractivity contribution in [1.29, 1.82) is 0 Å². The maximum absolute atomic E-state index is 9.00. The fraction of sp³-hybridized carbons (Fsp3) is 0.318. The largest absolute Gasteiger partial charge is 0.481 e. The molecule has 0 atom stereocenters. The van der Waals surface area contributed by atoms with Crippen LogP contribution >= 0.6 is 0 Å². The van der Waals surface area contributed by atoms with Crippen molar-refractivity contribution in [3.63, 3.8) is 0 Å². The number of methoxy groups -OCH3 is 1. The van der Waals surface area contributed by atoms with Crippen LogP contribution in [0.1, 0.15) is 95.5 Å². The lowest BCUT2D eigenvalue weighted by Gasteiger charge is -2.41. The van der Waals surface area contributed by atoms with Gasteiger partial charge in [0.1, 0.15) is 65.0 Å². The van der Waals surface area contributed by atoms with Crippen molar-refractivity contribution < 1.29 is 39.2 Å².